The standard InChI is InChI=1S/C32H23F7N4O3/c1-17(18-2-4-19(5-3-18)30(46)40-11-10-29(44)45)43-28(15-27(42-43)24-14-23(32(37,38)39)6-8-25(24)33)21-12-20-13-22(31(34,35)36)7-9-26(20)41-16-21/h2-9,12-17H,10-11H2,1H3,(H,40,46)(H,44,45). The number of alkyl halides is 6. The highest BCUT2D eigenvalue weighted by molar-refractivity contribution is 5.94. The van der Waals surface area contributed by atoms with Crippen LogP contribution in [0.25, 0.3) is 33.4 Å². The first-order valence-corrected chi connectivity index (χ1v) is 13.7. The van der Waals surface area contributed by atoms with Gasteiger partial charge in [0.2, 0.25) is 0 Å². The highest BCUT2D eigenvalue weighted by Gasteiger charge is 2.32. The number of pyridine rings is 1. The zero-order valence-corrected chi connectivity index (χ0v) is 23.7. The van der Waals surface area contributed by atoms with Gasteiger partial charge in [-0.05, 0) is 73.2 Å². The summed E-state index contributed by atoms with van der Waals surface area (Å²) in [5.74, 6) is -2.56. The van der Waals surface area contributed by atoms with E-state index in [1.54, 1.807) is 19.1 Å². The average Bonchev–Trinajstić information content (AvgIpc) is 3.44. The average molecular weight is 645 g/mol. The lowest BCUT2D eigenvalue weighted by Gasteiger charge is -2.17. The Morgan fingerprint density at radius 1 is 0.891 bits per heavy atom. The van der Waals surface area contributed by atoms with Crippen LogP contribution >= 0.6 is 0 Å². The van der Waals surface area contributed by atoms with Crippen molar-refractivity contribution in [3.8, 4) is 22.5 Å². The van der Waals surface area contributed by atoms with Gasteiger partial charge in [-0.15, -0.1) is 0 Å². The first-order chi connectivity index (χ1) is 21.6. The number of carbonyl (C=O) groups is 2. The van der Waals surface area contributed by atoms with Gasteiger partial charge >= 0.3 is 18.3 Å². The lowest BCUT2D eigenvalue weighted by molar-refractivity contribution is -0.138. The Labute approximate surface area is 256 Å². The summed E-state index contributed by atoms with van der Waals surface area (Å²) in [6, 6.07) is 13.1. The lowest BCUT2D eigenvalue weighted by atomic mass is 10.0. The molecule has 7 nitrogen and oxygen atoms in total. The fraction of sp³-hybridized carbons (Fsp3) is 0.188. The highest BCUT2D eigenvalue weighted by Crippen LogP contribution is 2.37. The van der Waals surface area contributed by atoms with Gasteiger partial charge in [-0.3, -0.25) is 19.3 Å². The smallest absolute Gasteiger partial charge is 0.416 e. The van der Waals surface area contributed by atoms with E-state index >= 15 is 0 Å². The van der Waals surface area contributed by atoms with Crippen LogP contribution in [0.3, 0.4) is 0 Å². The monoisotopic (exact) mass is 644 g/mol. The van der Waals surface area contributed by atoms with Gasteiger partial charge in [-0.2, -0.15) is 31.4 Å². The van der Waals surface area contributed by atoms with Gasteiger partial charge < -0.3 is 10.4 Å². The topological polar surface area (TPSA) is 97.1 Å². The Kier molecular flexibility index (Phi) is 8.56. The van der Waals surface area contributed by atoms with Crippen molar-refractivity contribution in [3.05, 3.63) is 107 Å². The first-order valence-electron chi connectivity index (χ1n) is 13.7. The minimum Gasteiger partial charge on any atom is -0.481 e. The molecule has 0 fully saturated rings. The minimum atomic E-state index is -4.76. The van der Waals surface area contributed by atoms with Crippen LogP contribution < -0.4 is 5.32 Å². The molecule has 5 rings (SSSR count). The molecule has 1 amide bonds. The number of carbonyl (C=O) groups excluding carboxylic acids is 1. The molecule has 3 aromatic carbocycles. The summed E-state index contributed by atoms with van der Waals surface area (Å²) in [6.45, 7) is 1.60. The second kappa shape index (κ2) is 12.3. The van der Waals surface area contributed by atoms with E-state index < -0.39 is 52.8 Å². The lowest BCUT2D eigenvalue weighted by Crippen LogP contribution is -2.26. The molecular weight excluding hydrogens is 621 g/mol. The fourth-order valence-electron chi connectivity index (χ4n) is 4.82. The maximum absolute atomic E-state index is 14.9. The van der Waals surface area contributed by atoms with Crippen LogP contribution in [0.1, 0.15) is 46.4 Å². The summed E-state index contributed by atoms with van der Waals surface area (Å²) in [4.78, 5) is 27.4. The maximum atomic E-state index is 14.9. The number of rotatable bonds is 8. The Morgan fingerprint density at radius 3 is 2.20 bits per heavy atom. The van der Waals surface area contributed by atoms with Crippen molar-refractivity contribution in [1.29, 1.82) is 0 Å². The second-order valence-corrected chi connectivity index (χ2v) is 10.4. The summed E-state index contributed by atoms with van der Waals surface area (Å²) in [7, 11) is 0. The number of aromatic nitrogens is 3. The quantitative estimate of drug-likeness (QED) is 0.168. The van der Waals surface area contributed by atoms with Crippen LogP contribution in [0.4, 0.5) is 30.7 Å². The molecule has 46 heavy (non-hydrogen) atoms. The summed E-state index contributed by atoms with van der Waals surface area (Å²) in [5, 5.41) is 15.8. The molecule has 14 heteroatoms. The molecular formula is C32H23F7N4O3. The van der Waals surface area contributed by atoms with Crippen LogP contribution in [-0.2, 0) is 17.1 Å². The van der Waals surface area contributed by atoms with Gasteiger partial charge in [-0.1, -0.05) is 12.1 Å². The molecule has 2 N–H and O–H groups in total. The molecule has 238 valence electrons. The Bertz CT molecular complexity index is 1930. The van der Waals surface area contributed by atoms with E-state index in [0.29, 0.717) is 23.8 Å². The summed E-state index contributed by atoms with van der Waals surface area (Å²) < 4.78 is 97.0. The van der Waals surface area contributed by atoms with Crippen LogP contribution in [0.15, 0.2) is 79.0 Å². The number of nitrogens with zero attached hydrogens (tertiary/aromatic N) is 3. The van der Waals surface area contributed by atoms with E-state index in [0.717, 1.165) is 12.1 Å². The molecule has 0 saturated carbocycles. The number of aliphatic carboxylic acids is 1. The van der Waals surface area contributed by atoms with E-state index in [2.05, 4.69) is 15.4 Å². The summed E-state index contributed by atoms with van der Waals surface area (Å²) in [6.07, 6.45) is -8.28. The molecule has 0 aliphatic rings. The van der Waals surface area contributed by atoms with Gasteiger partial charge in [0, 0.05) is 34.8 Å². The molecule has 1 unspecified atom stereocenters. The molecule has 5 aromatic rings. The number of carboxylic acids is 1. The molecule has 0 bridgehead atoms. The van der Waals surface area contributed by atoms with Gasteiger partial charge in [0.05, 0.1) is 40.5 Å². The van der Waals surface area contributed by atoms with E-state index in [4.69, 9.17) is 5.11 Å². The molecule has 0 spiro atoms. The predicted octanol–water partition coefficient (Wildman–Crippen LogP) is 7.76. The van der Waals surface area contributed by atoms with Crippen LogP contribution in [0.5, 0.6) is 0 Å². The number of fused-ring (bicyclic) bond motifs is 1. The molecule has 2 aromatic heterocycles. The number of carboxylic acid groups (broad SMARTS) is 1. The highest BCUT2D eigenvalue weighted by atomic mass is 19.4. The van der Waals surface area contributed by atoms with Gasteiger partial charge in [0.25, 0.3) is 5.91 Å². The third kappa shape index (κ3) is 6.85. The third-order valence-electron chi connectivity index (χ3n) is 7.26. The van der Waals surface area contributed by atoms with Crippen molar-refractivity contribution >= 4 is 22.8 Å². The van der Waals surface area contributed by atoms with E-state index in [1.807, 2.05) is 0 Å². The number of hydrogen-bond donors (Lipinski definition) is 2. The number of hydrogen-bond acceptors (Lipinski definition) is 4. The molecule has 1 atom stereocenters. The van der Waals surface area contributed by atoms with Crippen molar-refractivity contribution in [2.24, 2.45) is 0 Å². The first kappa shape index (κ1) is 32.1. The minimum absolute atomic E-state index is 0.0812. The zero-order valence-electron chi connectivity index (χ0n) is 23.7. The van der Waals surface area contributed by atoms with Crippen molar-refractivity contribution < 1.29 is 45.4 Å². The number of halogens is 7. The van der Waals surface area contributed by atoms with Crippen LogP contribution in [0.2, 0.25) is 0 Å². The van der Waals surface area contributed by atoms with E-state index in [-0.39, 0.29) is 46.4 Å². The van der Waals surface area contributed by atoms with Crippen molar-refractivity contribution in [2.75, 3.05) is 6.54 Å². The number of amides is 1. The number of benzene rings is 3. The zero-order chi connectivity index (χ0) is 33.4. The SMILES string of the molecule is CC(c1ccc(C(=O)NCCC(=O)O)cc1)n1nc(-c2cc(C(F)(F)F)ccc2F)cc1-c1cnc2ccc(C(F)(F)F)cc2c1. The van der Waals surface area contributed by atoms with Gasteiger partial charge in [0.1, 0.15) is 5.82 Å². The Hall–Kier alpha value is -5.27. The fourth-order valence-corrected chi connectivity index (χ4v) is 4.82. The molecule has 2 heterocycles. The van der Waals surface area contributed by atoms with Crippen LogP contribution in [0, 0.1) is 5.82 Å². The molecule has 0 aliphatic heterocycles. The van der Waals surface area contributed by atoms with Crippen molar-refractivity contribution in [3.63, 3.8) is 0 Å². The van der Waals surface area contributed by atoms with Gasteiger partial charge in [0.15, 0.2) is 0 Å². The van der Waals surface area contributed by atoms with E-state index in [9.17, 15) is 40.3 Å². The van der Waals surface area contributed by atoms with E-state index in [1.165, 1.54) is 41.2 Å². The van der Waals surface area contributed by atoms with Crippen LogP contribution in [-0.4, -0.2) is 38.3 Å². The van der Waals surface area contributed by atoms with Crippen molar-refractivity contribution in [2.45, 2.75) is 31.7 Å². The molecule has 0 radical (unpaired) electrons. The Balaban J connectivity index is 1.59. The summed E-state index contributed by atoms with van der Waals surface area (Å²) >= 11 is 0. The van der Waals surface area contributed by atoms with Crippen molar-refractivity contribution in [1.82, 2.24) is 20.1 Å². The normalized spacial score (nSPS) is 12.7. The predicted molar refractivity (Wildman–Crippen MR) is 153 cm³/mol. The molecule has 0 aliphatic carbocycles. The second-order valence-electron chi connectivity index (χ2n) is 10.4. The number of nitrogens with one attached hydrogen (secondary N) is 1. The Morgan fingerprint density at radius 2 is 1.54 bits per heavy atom. The maximum Gasteiger partial charge on any atom is 0.416 e. The summed E-state index contributed by atoms with van der Waals surface area (Å²) in [5.41, 5.74) is -1.06. The largest absolute Gasteiger partial charge is 0.481 e. The van der Waals surface area contributed by atoms with Gasteiger partial charge in [-0.25, -0.2) is 4.39 Å². The third-order valence-corrected chi connectivity index (χ3v) is 7.26. The molecule has 0 saturated heterocycles.